The summed E-state index contributed by atoms with van der Waals surface area (Å²) in [6.45, 7) is 3.34. The van der Waals surface area contributed by atoms with Gasteiger partial charge in [0.05, 0.1) is 13.2 Å². The van der Waals surface area contributed by atoms with E-state index in [0.29, 0.717) is 48.7 Å². The maximum atomic E-state index is 14.9. The minimum atomic E-state index is -1.26. The number of rotatable bonds is 5. The fourth-order valence-corrected chi connectivity index (χ4v) is 4.12. The Balaban J connectivity index is 1.50. The van der Waals surface area contributed by atoms with Crippen molar-refractivity contribution >= 4 is 11.1 Å². The molecule has 0 amide bonds. The highest BCUT2D eigenvalue weighted by Gasteiger charge is 2.24. The molecule has 3 nitrogen and oxygen atoms in total. The van der Waals surface area contributed by atoms with Crippen LogP contribution < -0.4 is 0 Å². The highest BCUT2D eigenvalue weighted by Crippen LogP contribution is 2.36. The lowest BCUT2D eigenvalue weighted by molar-refractivity contribution is -0.206. The fourth-order valence-electron chi connectivity index (χ4n) is 4.12. The third-order valence-electron chi connectivity index (χ3n) is 5.83. The largest absolute Gasteiger partial charge is 0.505 e. The van der Waals surface area contributed by atoms with Gasteiger partial charge in [-0.15, -0.1) is 0 Å². The summed E-state index contributed by atoms with van der Waals surface area (Å²) in [6.07, 6.45) is 5.87. The van der Waals surface area contributed by atoms with Crippen molar-refractivity contribution in [1.29, 1.82) is 0 Å². The molecule has 2 aliphatic rings. The highest BCUT2D eigenvalue weighted by atomic mass is 19.2. The highest BCUT2D eigenvalue weighted by molar-refractivity contribution is 5.78. The van der Waals surface area contributed by atoms with E-state index in [1.54, 1.807) is 24.3 Å². The Labute approximate surface area is 179 Å². The van der Waals surface area contributed by atoms with E-state index in [1.165, 1.54) is 12.1 Å². The van der Waals surface area contributed by atoms with Crippen molar-refractivity contribution in [3.8, 4) is 5.75 Å². The SMILES string of the molecule is CCCC1COC(c2ccc(C3=CC=C(c4ccc(O)c(F)c4F)CC3)c(F)c2)OC1. The number of phenols is 1. The van der Waals surface area contributed by atoms with Crippen LogP contribution in [0.4, 0.5) is 13.2 Å². The molecule has 1 saturated heterocycles. The van der Waals surface area contributed by atoms with Crippen molar-refractivity contribution in [2.45, 2.75) is 38.9 Å². The summed E-state index contributed by atoms with van der Waals surface area (Å²) in [5, 5.41) is 9.29. The van der Waals surface area contributed by atoms with Crippen LogP contribution in [0.2, 0.25) is 0 Å². The van der Waals surface area contributed by atoms with E-state index in [9.17, 15) is 18.3 Å². The fraction of sp³-hybridized carbons (Fsp3) is 0.360. The molecule has 0 unspecified atom stereocenters. The molecule has 1 N–H and O–H groups in total. The molecule has 0 radical (unpaired) electrons. The third kappa shape index (κ3) is 4.55. The van der Waals surface area contributed by atoms with E-state index in [-0.39, 0.29) is 11.4 Å². The first-order chi connectivity index (χ1) is 15.0. The molecule has 0 bridgehead atoms. The molecule has 0 saturated carbocycles. The van der Waals surface area contributed by atoms with Gasteiger partial charge in [0.25, 0.3) is 0 Å². The van der Waals surface area contributed by atoms with Gasteiger partial charge in [0.15, 0.2) is 17.9 Å². The summed E-state index contributed by atoms with van der Waals surface area (Å²) >= 11 is 0. The lowest BCUT2D eigenvalue weighted by Crippen LogP contribution is -2.27. The Hall–Kier alpha value is -2.57. The molecular formula is C25H25F3O3. The van der Waals surface area contributed by atoms with Crippen LogP contribution in [0.5, 0.6) is 5.75 Å². The summed E-state index contributed by atoms with van der Waals surface area (Å²) in [5.41, 5.74) is 2.60. The van der Waals surface area contributed by atoms with Crippen LogP contribution in [0.25, 0.3) is 11.1 Å². The van der Waals surface area contributed by atoms with Gasteiger partial charge in [0.1, 0.15) is 5.82 Å². The van der Waals surface area contributed by atoms with E-state index >= 15 is 0 Å². The summed E-state index contributed by atoms with van der Waals surface area (Å²) in [6, 6.07) is 7.43. The third-order valence-corrected chi connectivity index (χ3v) is 5.83. The number of hydrogen-bond acceptors (Lipinski definition) is 3. The summed E-state index contributed by atoms with van der Waals surface area (Å²) < 4.78 is 54.2. The molecule has 0 aromatic heterocycles. The molecule has 31 heavy (non-hydrogen) atoms. The topological polar surface area (TPSA) is 38.7 Å². The minimum Gasteiger partial charge on any atom is -0.505 e. The average molecular weight is 430 g/mol. The van der Waals surface area contributed by atoms with Crippen molar-refractivity contribution in [3.05, 3.63) is 76.6 Å². The normalized spacial score (nSPS) is 21.5. The van der Waals surface area contributed by atoms with Gasteiger partial charge in [-0.2, -0.15) is 4.39 Å². The molecule has 0 spiro atoms. The van der Waals surface area contributed by atoms with Crippen LogP contribution in [0.3, 0.4) is 0 Å². The Morgan fingerprint density at radius 3 is 2.16 bits per heavy atom. The Bertz CT molecular complexity index is 1020. The summed E-state index contributed by atoms with van der Waals surface area (Å²) in [5.74, 6) is -3.05. The van der Waals surface area contributed by atoms with E-state index in [2.05, 4.69) is 6.92 Å². The van der Waals surface area contributed by atoms with E-state index < -0.39 is 23.7 Å². The zero-order valence-corrected chi connectivity index (χ0v) is 17.3. The monoisotopic (exact) mass is 430 g/mol. The predicted molar refractivity (Wildman–Crippen MR) is 113 cm³/mol. The zero-order valence-electron chi connectivity index (χ0n) is 17.3. The predicted octanol–water partition coefficient (Wildman–Crippen LogP) is 6.53. The maximum absolute atomic E-state index is 14.9. The second-order valence-corrected chi connectivity index (χ2v) is 8.04. The van der Waals surface area contributed by atoms with Gasteiger partial charge in [-0.1, -0.05) is 37.6 Å². The second kappa shape index (κ2) is 9.28. The van der Waals surface area contributed by atoms with Crippen LogP contribution in [-0.4, -0.2) is 18.3 Å². The second-order valence-electron chi connectivity index (χ2n) is 8.04. The quantitative estimate of drug-likeness (QED) is 0.586. The molecule has 0 atom stereocenters. The molecule has 1 heterocycles. The Morgan fingerprint density at radius 2 is 1.55 bits per heavy atom. The van der Waals surface area contributed by atoms with Crippen molar-refractivity contribution in [3.63, 3.8) is 0 Å². The number of allylic oxidation sites excluding steroid dienone is 4. The molecule has 1 aliphatic heterocycles. The molecule has 1 aliphatic carbocycles. The molecule has 1 fully saturated rings. The maximum Gasteiger partial charge on any atom is 0.200 e. The van der Waals surface area contributed by atoms with Crippen LogP contribution in [0.15, 0.2) is 42.5 Å². The van der Waals surface area contributed by atoms with Gasteiger partial charge in [0, 0.05) is 22.6 Å². The number of aromatic hydroxyl groups is 1. The Kier molecular flexibility index (Phi) is 6.49. The van der Waals surface area contributed by atoms with Gasteiger partial charge in [-0.25, -0.2) is 8.78 Å². The van der Waals surface area contributed by atoms with Gasteiger partial charge < -0.3 is 14.6 Å². The first-order valence-electron chi connectivity index (χ1n) is 10.6. The molecule has 164 valence electrons. The summed E-state index contributed by atoms with van der Waals surface area (Å²) in [7, 11) is 0. The van der Waals surface area contributed by atoms with E-state index in [1.807, 2.05) is 0 Å². The van der Waals surface area contributed by atoms with E-state index in [4.69, 9.17) is 9.47 Å². The molecule has 4 rings (SSSR count). The lowest BCUT2D eigenvalue weighted by atomic mass is 9.89. The van der Waals surface area contributed by atoms with Crippen molar-refractivity contribution in [2.75, 3.05) is 13.2 Å². The summed E-state index contributed by atoms with van der Waals surface area (Å²) in [4.78, 5) is 0. The first kappa shape index (κ1) is 21.7. The van der Waals surface area contributed by atoms with Crippen LogP contribution in [0, 0.1) is 23.4 Å². The van der Waals surface area contributed by atoms with Gasteiger partial charge in [-0.3, -0.25) is 0 Å². The number of ether oxygens (including phenoxy) is 2. The van der Waals surface area contributed by atoms with E-state index in [0.717, 1.165) is 24.5 Å². The molecule has 2 aromatic carbocycles. The molecule has 6 heteroatoms. The molecule has 2 aromatic rings. The van der Waals surface area contributed by atoms with Crippen molar-refractivity contribution < 1.29 is 27.8 Å². The van der Waals surface area contributed by atoms with Crippen LogP contribution in [0.1, 0.15) is 55.6 Å². The number of phenolic OH excluding ortho intramolecular Hbond substituents is 1. The smallest absolute Gasteiger partial charge is 0.200 e. The van der Waals surface area contributed by atoms with Gasteiger partial charge in [0.2, 0.25) is 5.82 Å². The van der Waals surface area contributed by atoms with Crippen molar-refractivity contribution in [2.24, 2.45) is 5.92 Å². The Morgan fingerprint density at radius 1 is 0.903 bits per heavy atom. The van der Waals surface area contributed by atoms with Crippen LogP contribution in [-0.2, 0) is 9.47 Å². The first-order valence-corrected chi connectivity index (χ1v) is 10.6. The van der Waals surface area contributed by atoms with Crippen molar-refractivity contribution in [1.82, 2.24) is 0 Å². The minimum absolute atomic E-state index is 0.106. The standard InChI is InChI=1S/C25H25F3O3/c1-2-3-15-13-30-25(31-14-15)18-8-9-19(21(26)12-18)16-4-6-17(7-5-16)20-10-11-22(29)24(28)23(20)27/h4,6,8-12,15,25,29H,2-3,5,7,13-14H2,1H3. The number of hydrogen-bond donors (Lipinski definition) is 1. The van der Waals surface area contributed by atoms with Gasteiger partial charge in [-0.05, 0) is 48.6 Å². The lowest BCUT2D eigenvalue weighted by Gasteiger charge is -2.29. The zero-order chi connectivity index (χ0) is 22.0. The van der Waals surface area contributed by atoms with Crippen LogP contribution >= 0.6 is 0 Å². The number of halogens is 3. The average Bonchev–Trinajstić information content (AvgIpc) is 2.79. The van der Waals surface area contributed by atoms with Gasteiger partial charge >= 0.3 is 0 Å². The molecular weight excluding hydrogens is 405 g/mol. The number of benzene rings is 2.